The third kappa shape index (κ3) is 5.84. The van der Waals surface area contributed by atoms with E-state index in [-0.39, 0.29) is 10.2 Å². The molecule has 0 bridgehead atoms. The Morgan fingerprint density at radius 1 is 1.32 bits per heavy atom. The van der Waals surface area contributed by atoms with Crippen LogP contribution in [0.3, 0.4) is 0 Å². The highest BCUT2D eigenvalue weighted by atomic mass is 32.1. The van der Waals surface area contributed by atoms with Crippen molar-refractivity contribution in [3.05, 3.63) is 49.4 Å². The number of carboxylic acid groups (broad SMARTS) is 1. The number of benzene rings is 1. The summed E-state index contributed by atoms with van der Waals surface area (Å²) in [7, 11) is 0. The third-order valence-corrected chi connectivity index (χ3v) is 6.58. The summed E-state index contributed by atoms with van der Waals surface area (Å²) in [6.45, 7) is 5.59. The minimum Gasteiger partial charge on any atom is -0.477 e. The number of likely N-dealkylation sites (tertiary alicyclic amines) is 1. The number of nitriles is 1. The number of carboxylic acids is 1. The van der Waals surface area contributed by atoms with Gasteiger partial charge in [-0.15, -0.1) is 11.3 Å². The summed E-state index contributed by atoms with van der Waals surface area (Å²) in [5.41, 5.74) is 1.39. The Bertz CT molecular complexity index is 1140. The summed E-state index contributed by atoms with van der Waals surface area (Å²) in [5.74, 6) is -1.33. The van der Waals surface area contributed by atoms with Gasteiger partial charge in [0.05, 0.1) is 0 Å². The van der Waals surface area contributed by atoms with Gasteiger partial charge in [0.2, 0.25) is 0 Å². The Kier molecular flexibility index (Phi) is 8.04. The third-order valence-electron chi connectivity index (χ3n) is 5.45. The minimum atomic E-state index is -1.33. The molecule has 0 atom stereocenters. The smallest absolute Gasteiger partial charge is 0.349 e. The van der Waals surface area contributed by atoms with Gasteiger partial charge >= 0.3 is 5.97 Å². The van der Waals surface area contributed by atoms with E-state index in [0.29, 0.717) is 11.1 Å². The van der Waals surface area contributed by atoms with Crippen molar-refractivity contribution < 1.29 is 9.90 Å². The number of hydrogen-bond donors (Lipinski definition) is 2. The first-order valence-electron chi connectivity index (χ1n) is 10.7. The molecule has 31 heavy (non-hydrogen) atoms. The molecule has 0 radical (unpaired) electrons. The number of aliphatic carboxylic acids is 1. The molecule has 0 aliphatic carbocycles. The molecule has 2 N–H and O–H groups in total. The van der Waals surface area contributed by atoms with Crippen LogP contribution in [0.5, 0.6) is 0 Å². The molecule has 0 spiro atoms. The number of carbonyl (C=O) groups is 1. The quantitative estimate of drug-likeness (QED) is 0.651. The Hall–Kier alpha value is -2.89. The highest BCUT2D eigenvalue weighted by Crippen LogP contribution is 2.14. The van der Waals surface area contributed by atoms with Gasteiger partial charge in [-0.2, -0.15) is 5.26 Å². The zero-order valence-electron chi connectivity index (χ0n) is 17.8. The van der Waals surface area contributed by atoms with Gasteiger partial charge < -0.3 is 15.3 Å². The maximum Gasteiger partial charge on any atom is 0.349 e. The van der Waals surface area contributed by atoms with E-state index in [1.54, 1.807) is 19.2 Å². The number of piperidine rings is 1. The summed E-state index contributed by atoms with van der Waals surface area (Å²) in [6, 6.07) is 9.79. The Morgan fingerprint density at radius 3 is 2.77 bits per heavy atom. The largest absolute Gasteiger partial charge is 0.477 e. The molecule has 0 amide bonds. The molecule has 3 rings (SSSR count). The minimum absolute atomic E-state index is 0.169. The number of aryl methyl sites for hydroxylation is 1. The van der Waals surface area contributed by atoms with Crippen molar-refractivity contribution in [1.29, 1.82) is 5.26 Å². The van der Waals surface area contributed by atoms with Crippen molar-refractivity contribution in [2.24, 2.45) is 0 Å². The van der Waals surface area contributed by atoms with E-state index in [9.17, 15) is 14.7 Å². The number of nitrogens with one attached hydrogen (secondary N) is 1. The number of anilines is 1. The second kappa shape index (κ2) is 10.9. The van der Waals surface area contributed by atoms with Crippen molar-refractivity contribution in [2.75, 3.05) is 25.0 Å². The van der Waals surface area contributed by atoms with E-state index in [2.05, 4.69) is 22.3 Å². The van der Waals surface area contributed by atoms with Crippen molar-refractivity contribution in [3.63, 3.8) is 0 Å². The Balaban J connectivity index is 1.74. The molecule has 0 unspecified atom stereocenters. The molecule has 1 aliphatic heterocycles. The molecule has 0 saturated carbocycles. The van der Waals surface area contributed by atoms with Crippen LogP contribution in [0, 0.1) is 11.3 Å². The lowest BCUT2D eigenvalue weighted by Gasteiger charge is -2.26. The fraction of sp³-hybridized carbons (Fsp3) is 0.435. The molecule has 1 fully saturated rings. The second-order valence-corrected chi connectivity index (χ2v) is 8.64. The highest BCUT2D eigenvalue weighted by Gasteiger charge is 2.13. The first-order valence-corrected chi connectivity index (χ1v) is 11.5. The van der Waals surface area contributed by atoms with Gasteiger partial charge in [-0.1, -0.05) is 18.6 Å². The lowest BCUT2D eigenvalue weighted by molar-refractivity contribution is -0.130. The highest BCUT2D eigenvalue weighted by molar-refractivity contribution is 7.07. The molecule has 1 aliphatic rings. The first kappa shape index (κ1) is 22.8. The Labute approximate surface area is 185 Å². The Morgan fingerprint density at radius 2 is 2.10 bits per heavy atom. The average molecular weight is 441 g/mol. The van der Waals surface area contributed by atoms with E-state index in [4.69, 9.17) is 5.26 Å². The maximum atomic E-state index is 12.6. The SMILES string of the molecule is CCn1c(=O)/c(=C\Nc2cccc(CCCN3CCCCC3)c2)s/c1=C(/C#N)C(=O)O. The summed E-state index contributed by atoms with van der Waals surface area (Å²) < 4.78 is 1.85. The molecular formula is C23H28N4O3S. The number of aromatic nitrogens is 1. The predicted octanol–water partition coefficient (Wildman–Crippen LogP) is 1.96. The standard InChI is InChI=1S/C23H28N4O3S/c1-2-27-21(28)20(31-22(27)19(15-24)23(29)30)16-25-18-10-6-8-17(14-18)9-7-13-26-11-4-3-5-12-26/h6,8,10,14,16,25H,2-5,7,9,11-13H2,1H3,(H,29,30)/b20-16+,22-19-. The van der Waals surface area contributed by atoms with Crippen LogP contribution in [-0.4, -0.2) is 40.2 Å². The van der Waals surface area contributed by atoms with Gasteiger partial charge in [-0.05, 0) is 69.9 Å². The maximum absolute atomic E-state index is 12.6. The van der Waals surface area contributed by atoms with E-state index < -0.39 is 11.5 Å². The summed E-state index contributed by atoms with van der Waals surface area (Å²) in [5, 5.41) is 21.6. The molecule has 2 heterocycles. The number of rotatable bonds is 8. The van der Waals surface area contributed by atoms with E-state index >= 15 is 0 Å². The molecule has 1 aromatic carbocycles. The average Bonchev–Trinajstić information content (AvgIpc) is 3.08. The van der Waals surface area contributed by atoms with Gasteiger partial charge in [0.25, 0.3) is 5.56 Å². The van der Waals surface area contributed by atoms with Gasteiger partial charge in [0.15, 0.2) is 5.57 Å². The van der Waals surface area contributed by atoms with Crippen LogP contribution < -0.4 is 20.1 Å². The van der Waals surface area contributed by atoms with Crippen LogP contribution in [0.15, 0.2) is 29.1 Å². The van der Waals surface area contributed by atoms with Crippen LogP contribution in [-0.2, 0) is 17.8 Å². The lowest BCUT2D eigenvalue weighted by Crippen LogP contribution is -2.32. The second-order valence-electron chi connectivity index (χ2n) is 7.61. The van der Waals surface area contributed by atoms with Crippen molar-refractivity contribution in [3.8, 4) is 6.07 Å². The van der Waals surface area contributed by atoms with Gasteiger partial charge in [-0.25, -0.2) is 4.79 Å². The molecular weight excluding hydrogens is 412 g/mol. The van der Waals surface area contributed by atoms with Crippen LogP contribution in [0.2, 0.25) is 0 Å². The monoisotopic (exact) mass is 440 g/mol. The zero-order valence-corrected chi connectivity index (χ0v) is 18.6. The molecule has 2 aromatic rings. The fourth-order valence-electron chi connectivity index (χ4n) is 3.83. The van der Waals surface area contributed by atoms with E-state index in [1.165, 1.54) is 42.5 Å². The van der Waals surface area contributed by atoms with Gasteiger partial charge in [0, 0.05) is 18.4 Å². The fourth-order valence-corrected chi connectivity index (χ4v) is 4.92. The van der Waals surface area contributed by atoms with Crippen LogP contribution in [0.1, 0.15) is 38.2 Å². The summed E-state index contributed by atoms with van der Waals surface area (Å²) in [6.07, 6.45) is 7.66. The molecule has 7 nitrogen and oxygen atoms in total. The van der Waals surface area contributed by atoms with Gasteiger partial charge in [0.1, 0.15) is 15.3 Å². The molecule has 8 heteroatoms. The van der Waals surface area contributed by atoms with Crippen molar-refractivity contribution >= 4 is 34.8 Å². The summed E-state index contributed by atoms with van der Waals surface area (Å²) >= 11 is 1.01. The predicted molar refractivity (Wildman–Crippen MR) is 123 cm³/mol. The van der Waals surface area contributed by atoms with Gasteiger partial charge in [-0.3, -0.25) is 9.36 Å². The number of nitrogens with zero attached hydrogens (tertiary/aromatic N) is 3. The van der Waals surface area contributed by atoms with E-state index in [1.807, 2.05) is 12.1 Å². The number of thiazole rings is 1. The lowest BCUT2D eigenvalue weighted by atomic mass is 10.1. The summed E-state index contributed by atoms with van der Waals surface area (Å²) in [4.78, 5) is 26.5. The normalized spacial score (nSPS) is 16.1. The molecule has 1 aromatic heterocycles. The zero-order chi connectivity index (χ0) is 22.2. The molecule has 1 saturated heterocycles. The first-order chi connectivity index (χ1) is 15.0. The van der Waals surface area contributed by atoms with E-state index in [0.717, 1.165) is 36.4 Å². The molecule has 164 valence electrons. The number of hydrogen-bond acceptors (Lipinski definition) is 6. The van der Waals surface area contributed by atoms with Crippen LogP contribution in [0.25, 0.3) is 11.8 Å². The van der Waals surface area contributed by atoms with Crippen LogP contribution in [0.4, 0.5) is 5.69 Å². The van der Waals surface area contributed by atoms with Crippen molar-refractivity contribution in [2.45, 2.75) is 45.6 Å². The topological polar surface area (TPSA) is 98.4 Å². The van der Waals surface area contributed by atoms with Crippen LogP contribution >= 0.6 is 11.3 Å². The van der Waals surface area contributed by atoms with Crippen molar-refractivity contribution in [1.82, 2.24) is 9.47 Å².